The first-order valence-electron chi connectivity index (χ1n) is 6.89. The number of fused-ring (bicyclic) bond motifs is 1. The minimum absolute atomic E-state index is 0.0334. The van der Waals surface area contributed by atoms with Crippen molar-refractivity contribution in [2.75, 3.05) is 6.54 Å². The average Bonchev–Trinajstić information content (AvgIpc) is 3.18. The van der Waals surface area contributed by atoms with Crippen LogP contribution in [0.2, 0.25) is 0 Å². The smallest absolute Gasteiger partial charge is 0.346 e. The molecule has 110 valence electrons. The molecule has 0 unspecified atom stereocenters. The summed E-state index contributed by atoms with van der Waals surface area (Å²) in [7, 11) is 0. The highest BCUT2D eigenvalue weighted by Crippen LogP contribution is 2.31. The third kappa shape index (κ3) is 3.22. The van der Waals surface area contributed by atoms with Gasteiger partial charge in [-0.1, -0.05) is 18.2 Å². The van der Waals surface area contributed by atoms with Gasteiger partial charge < -0.3 is 15.7 Å². The molecule has 0 bridgehead atoms. The van der Waals surface area contributed by atoms with Crippen molar-refractivity contribution in [3.05, 3.63) is 34.7 Å². The molecular formula is C15H16N2O3S. The lowest BCUT2D eigenvalue weighted by molar-refractivity contribution is -0.120. The zero-order valence-electron chi connectivity index (χ0n) is 11.4. The maximum atomic E-state index is 11.6. The summed E-state index contributed by atoms with van der Waals surface area (Å²) in [4.78, 5) is 23.3. The number of carboxylic acids is 1. The Morgan fingerprint density at radius 2 is 2.05 bits per heavy atom. The van der Waals surface area contributed by atoms with Crippen LogP contribution in [0.3, 0.4) is 0 Å². The van der Waals surface area contributed by atoms with E-state index in [0.29, 0.717) is 17.5 Å². The Kier molecular flexibility index (Phi) is 3.90. The molecular weight excluding hydrogens is 288 g/mol. The lowest BCUT2D eigenvalue weighted by atomic mass is 10.1. The first-order valence-corrected chi connectivity index (χ1v) is 7.70. The van der Waals surface area contributed by atoms with Gasteiger partial charge in [-0.3, -0.25) is 4.79 Å². The molecule has 0 saturated heterocycles. The van der Waals surface area contributed by atoms with Crippen LogP contribution in [-0.4, -0.2) is 29.6 Å². The van der Waals surface area contributed by atoms with Crippen LogP contribution in [0, 0.1) is 0 Å². The third-order valence-corrected chi connectivity index (χ3v) is 4.62. The second-order valence-electron chi connectivity index (χ2n) is 5.16. The summed E-state index contributed by atoms with van der Waals surface area (Å²) in [6.07, 6.45) is 2.12. The second-order valence-corrected chi connectivity index (χ2v) is 6.21. The first-order chi connectivity index (χ1) is 10.1. The Bertz CT molecular complexity index is 691. The number of thiophene rings is 1. The van der Waals surface area contributed by atoms with Gasteiger partial charge in [0.2, 0.25) is 5.91 Å². The molecule has 3 rings (SSSR count). The van der Waals surface area contributed by atoms with E-state index >= 15 is 0 Å². The number of amides is 1. The summed E-state index contributed by atoms with van der Waals surface area (Å²) in [5, 5.41) is 16.2. The monoisotopic (exact) mass is 304 g/mol. The van der Waals surface area contributed by atoms with E-state index in [2.05, 4.69) is 10.6 Å². The first kappa shape index (κ1) is 14.0. The zero-order valence-corrected chi connectivity index (χ0v) is 12.2. The van der Waals surface area contributed by atoms with Crippen LogP contribution in [0.1, 0.15) is 28.1 Å². The molecule has 6 heteroatoms. The molecule has 1 aliphatic carbocycles. The molecule has 1 saturated carbocycles. The molecule has 1 fully saturated rings. The molecule has 0 atom stereocenters. The van der Waals surface area contributed by atoms with E-state index in [9.17, 15) is 14.7 Å². The Morgan fingerprint density at radius 1 is 1.29 bits per heavy atom. The number of hydrogen-bond acceptors (Lipinski definition) is 4. The number of nitrogens with one attached hydrogen (secondary N) is 2. The van der Waals surface area contributed by atoms with Crippen LogP contribution in [0.5, 0.6) is 0 Å². The van der Waals surface area contributed by atoms with Crippen molar-refractivity contribution in [2.24, 2.45) is 0 Å². The number of rotatable bonds is 6. The average molecular weight is 304 g/mol. The van der Waals surface area contributed by atoms with Crippen molar-refractivity contribution >= 4 is 33.3 Å². The standard InChI is InChI=1S/C15H16N2O3S/c18-13(17-9-5-6-9)8-16-7-11-10-3-1-2-4-12(10)21-14(11)15(19)20/h1-4,9,16H,5-8H2,(H,17,18)(H,19,20). The molecule has 1 heterocycles. The van der Waals surface area contributed by atoms with E-state index in [-0.39, 0.29) is 12.5 Å². The largest absolute Gasteiger partial charge is 0.477 e. The van der Waals surface area contributed by atoms with Crippen molar-refractivity contribution in [2.45, 2.75) is 25.4 Å². The highest BCUT2D eigenvalue weighted by molar-refractivity contribution is 7.21. The molecule has 1 amide bonds. The second kappa shape index (κ2) is 5.83. The van der Waals surface area contributed by atoms with Gasteiger partial charge in [0, 0.05) is 17.3 Å². The van der Waals surface area contributed by atoms with E-state index in [1.165, 1.54) is 11.3 Å². The van der Waals surface area contributed by atoms with E-state index in [1.807, 2.05) is 24.3 Å². The fourth-order valence-electron chi connectivity index (χ4n) is 2.25. The van der Waals surface area contributed by atoms with Crippen LogP contribution in [0.25, 0.3) is 10.1 Å². The summed E-state index contributed by atoms with van der Waals surface area (Å²) >= 11 is 1.27. The molecule has 5 nitrogen and oxygen atoms in total. The van der Waals surface area contributed by atoms with E-state index < -0.39 is 5.97 Å². The Morgan fingerprint density at radius 3 is 2.76 bits per heavy atom. The van der Waals surface area contributed by atoms with E-state index in [4.69, 9.17) is 0 Å². The highest BCUT2D eigenvalue weighted by atomic mass is 32.1. The summed E-state index contributed by atoms with van der Waals surface area (Å²) in [6, 6.07) is 7.96. The maximum absolute atomic E-state index is 11.6. The SMILES string of the molecule is O=C(CNCc1c(C(=O)O)sc2ccccc12)NC1CC1. The number of carbonyl (C=O) groups excluding carboxylic acids is 1. The summed E-state index contributed by atoms with van der Waals surface area (Å²) < 4.78 is 0.953. The van der Waals surface area contributed by atoms with Crippen molar-refractivity contribution < 1.29 is 14.7 Å². The van der Waals surface area contributed by atoms with Crippen LogP contribution in [0.15, 0.2) is 24.3 Å². The quantitative estimate of drug-likeness (QED) is 0.762. The van der Waals surface area contributed by atoms with Gasteiger partial charge in [-0.05, 0) is 29.9 Å². The predicted molar refractivity (Wildman–Crippen MR) is 81.7 cm³/mol. The van der Waals surface area contributed by atoms with Gasteiger partial charge in [-0.2, -0.15) is 0 Å². The molecule has 2 aromatic rings. The number of carboxylic acid groups (broad SMARTS) is 1. The Hall–Kier alpha value is -1.92. The number of benzene rings is 1. The number of carbonyl (C=O) groups is 2. The predicted octanol–water partition coefficient (Wildman–Crippen LogP) is 1.97. The molecule has 3 N–H and O–H groups in total. The van der Waals surface area contributed by atoms with Crippen LogP contribution in [0.4, 0.5) is 0 Å². The summed E-state index contributed by atoms with van der Waals surface area (Å²) in [5.74, 6) is -0.954. The van der Waals surface area contributed by atoms with Crippen LogP contribution >= 0.6 is 11.3 Å². The maximum Gasteiger partial charge on any atom is 0.346 e. The van der Waals surface area contributed by atoms with Crippen LogP contribution in [-0.2, 0) is 11.3 Å². The van der Waals surface area contributed by atoms with Gasteiger partial charge in [-0.25, -0.2) is 4.79 Å². The van der Waals surface area contributed by atoms with Gasteiger partial charge in [0.25, 0.3) is 0 Å². The van der Waals surface area contributed by atoms with E-state index in [1.54, 1.807) is 0 Å². The van der Waals surface area contributed by atoms with Gasteiger partial charge in [-0.15, -0.1) is 11.3 Å². The number of hydrogen-bond donors (Lipinski definition) is 3. The minimum atomic E-state index is -0.921. The molecule has 1 aliphatic rings. The van der Waals surface area contributed by atoms with Crippen molar-refractivity contribution in [1.29, 1.82) is 0 Å². The summed E-state index contributed by atoms with van der Waals surface area (Å²) in [6.45, 7) is 0.587. The Labute approximate surface area is 126 Å². The topological polar surface area (TPSA) is 78.4 Å². The summed E-state index contributed by atoms with van der Waals surface area (Å²) in [5.41, 5.74) is 0.752. The van der Waals surface area contributed by atoms with Gasteiger partial charge in [0.15, 0.2) is 0 Å². The van der Waals surface area contributed by atoms with Gasteiger partial charge in [0.05, 0.1) is 6.54 Å². The fraction of sp³-hybridized carbons (Fsp3) is 0.333. The molecule has 21 heavy (non-hydrogen) atoms. The molecule has 0 radical (unpaired) electrons. The van der Waals surface area contributed by atoms with E-state index in [0.717, 1.165) is 28.5 Å². The Balaban J connectivity index is 1.71. The molecule has 0 aliphatic heterocycles. The lowest BCUT2D eigenvalue weighted by Crippen LogP contribution is -2.34. The molecule has 1 aromatic heterocycles. The fourth-order valence-corrected chi connectivity index (χ4v) is 3.31. The van der Waals surface area contributed by atoms with Crippen molar-refractivity contribution in [3.8, 4) is 0 Å². The number of aromatic carboxylic acids is 1. The molecule has 0 spiro atoms. The van der Waals surface area contributed by atoms with Crippen LogP contribution < -0.4 is 10.6 Å². The van der Waals surface area contributed by atoms with Crippen molar-refractivity contribution in [1.82, 2.24) is 10.6 Å². The van der Waals surface area contributed by atoms with Gasteiger partial charge in [0.1, 0.15) is 4.88 Å². The molecule has 1 aromatic carbocycles. The lowest BCUT2D eigenvalue weighted by Gasteiger charge is -2.06. The van der Waals surface area contributed by atoms with Crippen molar-refractivity contribution in [3.63, 3.8) is 0 Å². The zero-order chi connectivity index (χ0) is 14.8. The van der Waals surface area contributed by atoms with Gasteiger partial charge >= 0.3 is 5.97 Å². The minimum Gasteiger partial charge on any atom is -0.477 e. The normalized spacial score (nSPS) is 14.3. The third-order valence-electron chi connectivity index (χ3n) is 3.42. The highest BCUT2D eigenvalue weighted by Gasteiger charge is 2.23.